The average Bonchev–Trinajstić information content (AvgIpc) is 2.46. The summed E-state index contributed by atoms with van der Waals surface area (Å²) < 4.78 is 11.0. The van der Waals surface area contributed by atoms with E-state index < -0.39 is 16.2 Å². The summed E-state index contributed by atoms with van der Waals surface area (Å²) in [6.45, 7) is 3.80. The molecule has 5 heteroatoms. The van der Waals surface area contributed by atoms with Gasteiger partial charge in [0.05, 0.1) is 5.41 Å². The van der Waals surface area contributed by atoms with Crippen molar-refractivity contribution >= 4 is 16.7 Å². The lowest BCUT2D eigenvalue weighted by Crippen LogP contribution is -2.50. The molecule has 1 rings (SSSR count). The zero-order valence-electron chi connectivity index (χ0n) is 10.3. The van der Waals surface area contributed by atoms with Gasteiger partial charge in [-0.2, -0.15) is 0 Å². The lowest BCUT2D eigenvalue weighted by Gasteiger charge is -2.29. The standard InChI is InChI=1S/C11H22N2O2S/c1-8(7-16(3)15)13-10(14)11(2)6-4-5-9(11)12/h8-9H,4-7,12H2,1-3H3,(H,13,14). The van der Waals surface area contributed by atoms with Crippen molar-refractivity contribution < 1.29 is 9.00 Å². The molecule has 4 unspecified atom stereocenters. The number of nitrogens with one attached hydrogen (secondary N) is 1. The van der Waals surface area contributed by atoms with E-state index in [-0.39, 0.29) is 18.0 Å². The van der Waals surface area contributed by atoms with Gasteiger partial charge in [-0.3, -0.25) is 9.00 Å². The topological polar surface area (TPSA) is 72.2 Å². The molecular formula is C11H22N2O2S. The zero-order chi connectivity index (χ0) is 12.3. The molecule has 0 saturated heterocycles. The summed E-state index contributed by atoms with van der Waals surface area (Å²) in [6, 6.07) is -0.102. The van der Waals surface area contributed by atoms with Crippen LogP contribution in [0.15, 0.2) is 0 Å². The summed E-state index contributed by atoms with van der Waals surface area (Å²) in [7, 11) is -0.882. The fourth-order valence-corrected chi connectivity index (χ4v) is 3.04. The van der Waals surface area contributed by atoms with E-state index in [0.717, 1.165) is 19.3 Å². The number of carbonyl (C=O) groups excluding carboxylic acids is 1. The van der Waals surface area contributed by atoms with Crippen LogP contribution in [0.25, 0.3) is 0 Å². The van der Waals surface area contributed by atoms with Crippen LogP contribution in [-0.4, -0.2) is 34.2 Å². The van der Waals surface area contributed by atoms with Gasteiger partial charge in [-0.15, -0.1) is 0 Å². The Kier molecular flexibility index (Phi) is 4.50. The van der Waals surface area contributed by atoms with E-state index in [9.17, 15) is 9.00 Å². The van der Waals surface area contributed by atoms with Crippen LogP contribution in [0.2, 0.25) is 0 Å². The number of hydrogen-bond donors (Lipinski definition) is 2. The summed E-state index contributed by atoms with van der Waals surface area (Å²) in [5, 5.41) is 2.91. The first kappa shape index (κ1) is 13.6. The first-order chi connectivity index (χ1) is 7.36. The number of amides is 1. The fraction of sp³-hybridized carbons (Fsp3) is 0.909. The Morgan fingerprint density at radius 2 is 2.31 bits per heavy atom. The van der Waals surface area contributed by atoms with Crippen LogP contribution in [0.5, 0.6) is 0 Å². The molecular weight excluding hydrogens is 224 g/mol. The Morgan fingerprint density at radius 3 is 2.75 bits per heavy atom. The second-order valence-corrected chi connectivity index (χ2v) is 6.51. The summed E-state index contributed by atoms with van der Waals surface area (Å²) >= 11 is 0. The van der Waals surface area contributed by atoms with Crippen molar-refractivity contribution in [3.8, 4) is 0 Å². The van der Waals surface area contributed by atoms with Crippen LogP contribution in [-0.2, 0) is 15.6 Å². The van der Waals surface area contributed by atoms with Gasteiger partial charge in [-0.1, -0.05) is 6.42 Å². The van der Waals surface area contributed by atoms with Gasteiger partial charge in [0.2, 0.25) is 5.91 Å². The van der Waals surface area contributed by atoms with Gasteiger partial charge < -0.3 is 11.1 Å². The normalized spacial score (nSPS) is 33.4. The van der Waals surface area contributed by atoms with Gasteiger partial charge in [0.1, 0.15) is 0 Å². The molecule has 0 aromatic heterocycles. The summed E-state index contributed by atoms with van der Waals surface area (Å²) in [4.78, 5) is 12.1. The molecule has 0 heterocycles. The Morgan fingerprint density at radius 1 is 1.69 bits per heavy atom. The maximum absolute atomic E-state index is 12.1. The van der Waals surface area contributed by atoms with Crippen molar-refractivity contribution in [2.45, 2.75) is 45.2 Å². The molecule has 0 aromatic rings. The van der Waals surface area contributed by atoms with Crippen molar-refractivity contribution in [1.29, 1.82) is 0 Å². The van der Waals surface area contributed by atoms with Crippen LogP contribution in [0.1, 0.15) is 33.1 Å². The number of carbonyl (C=O) groups is 1. The number of rotatable bonds is 4. The Balaban J connectivity index is 2.54. The molecule has 16 heavy (non-hydrogen) atoms. The lowest BCUT2D eigenvalue weighted by molar-refractivity contribution is -0.131. The van der Waals surface area contributed by atoms with Crippen LogP contribution in [0.4, 0.5) is 0 Å². The highest BCUT2D eigenvalue weighted by Gasteiger charge is 2.43. The van der Waals surface area contributed by atoms with Crippen molar-refractivity contribution in [3.05, 3.63) is 0 Å². The molecule has 94 valence electrons. The Bertz CT molecular complexity index is 296. The molecule has 0 aliphatic heterocycles. The number of nitrogens with two attached hydrogens (primary N) is 1. The van der Waals surface area contributed by atoms with Gasteiger partial charge in [0.15, 0.2) is 0 Å². The highest BCUT2D eigenvalue weighted by Crippen LogP contribution is 2.36. The average molecular weight is 246 g/mol. The smallest absolute Gasteiger partial charge is 0.227 e. The third kappa shape index (κ3) is 3.04. The van der Waals surface area contributed by atoms with E-state index in [1.54, 1.807) is 6.26 Å². The van der Waals surface area contributed by atoms with E-state index in [1.165, 1.54) is 0 Å². The van der Waals surface area contributed by atoms with Crippen molar-refractivity contribution in [1.82, 2.24) is 5.32 Å². The van der Waals surface area contributed by atoms with Crippen LogP contribution in [0.3, 0.4) is 0 Å². The van der Waals surface area contributed by atoms with Gasteiger partial charge >= 0.3 is 0 Å². The number of hydrogen-bond acceptors (Lipinski definition) is 3. The van der Waals surface area contributed by atoms with Crippen LogP contribution >= 0.6 is 0 Å². The molecule has 3 N–H and O–H groups in total. The largest absolute Gasteiger partial charge is 0.352 e. The molecule has 0 spiro atoms. The maximum Gasteiger partial charge on any atom is 0.227 e. The summed E-state index contributed by atoms with van der Waals surface area (Å²) in [5.41, 5.74) is 5.53. The molecule has 4 nitrogen and oxygen atoms in total. The van der Waals surface area contributed by atoms with E-state index >= 15 is 0 Å². The Hall–Kier alpha value is -0.420. The first-order valence-electron chi connectivity index (χ1n) is 5.73. The van der Waals surface area contributed by atoms with Crippen LogP contribution < -0.4 is 11.1 Å². The van der Waals surface area contributed by atoms with E-state index in [4.69, 9.17) is 5.73 Å². The monoisotopic (exact) mass is 246 g/mol. The third-order valence-electron chi connectivity index (χ3n) is 3.41. The second-order valence-electron chi connectivity index (χ2n) is 5.03. The van der Waals surface area contributed by atoms with E-state index in [2.05, 4.69) is 5.32 Å². The molecule has 0 aromatic carbocycles. The molecule has 0 bridgehead atoms. The van der Waals surface area contributed by atoms with E-state index in [0.29, 0.717) is 5.75 Å². The molecule has 0 radical (unpaired) electrons. The third-order valence-corrected chi connectivity index (χ3v) is 4.38. The second kappa shape index (κ2) is 5.27. The minimum absolute atomic E-state index is 0.00968. The quantitative estimate of drug-likeness (QED) is 0.753. The lowest BCUT2D eigenvalue weighted by atomic mass is 9.84. The molecule has 1 amide bonds. The van der Waals surface area contributed by atoms with Gasteiger partial charge in [-0.05, 0) is 26.7 Å². The molecule has 1 saturated carbocycles. The van der Waals surface area contributed by atoms with Crippen molar-refractivity contribution in [2.24, 2.45) is 11.1 Å². The zero-order valence-corrected chi connectivity index (χ0v) is 11.1. The fourth-order valence-electron chi connectivity index (χ4n) is 2.26. The van der Waals surface area contributed by atoms with Gasteiger partial charge in [-0.25, -0.2) is 0 Å². The Labute approximate surface area is 99.8 Å². The van der Waals surface area contributed by atoms with Crippen LogP contribution in [0, 0.1) is 5.41 Å². The minimum atomic E-state index is -0.882. The maximum atomic E-state index is 12.1. The highest BCUT2D eigenvalue weighted by molar-refractivity contribution is 7.84. The van der Waals surface area contributed by atoms with Crippen molar-refractivity contribution in [2.75, 3.05) is 12.0 Å². The predicted octanol–water partition coefficient (Wildman–Crippen LogP) is 0.387. The van der Waals surface area contributed by atoms with E-state index in [1.807, 2.05) is 13.8 Å². The summed E-state index contributed by atoms with van der Waals surface area (Å²) in [6.07, 6.45) is 4.42. The van der Waals surface area contributed by atoms with Gasteiger partial charge in [0, 0.05) is 34.9 Å². The SMILES string of the molecule is CC(CS(C)=O)NC(=O)C1(C)CCCC1N. The van der Waals surface area contributed by atoms with Gasteiger partial charge in [0.25, 0.3) is 0 Å². The van der Waals surface area contributed by atoms with Crippen molar-refractivity contribution in [3.63, 3.8) is 0 Å². The molecule has 1 aliphatic carbocycles. The first-order valence-corrected chi connectivity index (χ1v) is 7.45. The molecule has 1 aliphatic rings. The minimum Gasteiger partial charge on any atom is -0.352 e. The highest BCUT2D eigenvalue weighted by atomic mass is 32.2. The predicted molar refractivity (Wildman–Crippen MR) is 66.5 cm³/mol. The molecule has 4 atom stereocenters. The molecule has 1 fully saturated rings. The summed E-state index contributed by atoms with van der Waals surface area (Å²) in [5.74, 6) is 0.507.